The predicted octanol–water partition coefficient (Wildman–Crippen LogP) is 1.24. The van der Waals surface area contributed by atoms with Crippen LogP contribution in [0.2, 0.25) is 0 Å². The van der Waals surface area contributed by atoms with E-state index in [2.05, 4.69) is 5.92 Å². The average molecular weight is 213 g/mol. The number of hydrogen-bond donors (Lipinski definition) is 1. The van der Waals surface area contributed by atoms with E-state index in [-0.39, 0.29) is 19.2 Å². The largest absolute Gasteiger partial charge is 0.444 e. The van der Waals surface area contributed by atoms with E-state index in [9.17, 15) is 4.79 Å². The van der Waals surface area contributed by atoms with Gasteiger partial charge in [-0.15, -0.1) is 6.42 Å². The quantitative estimate of drug-likeness (QED) is 0.717. The Morgan fingerprint density at radius 3 is 2.47 bits per heavy atom. The van der Waals surface area contributed by atoms with Crippen LogP contribution in [0.4, 0.5) is 4.79 Å². The minimum absolute atomic E-state index is 0.134. The van der Waals surface area contributed by atoms with Crippen molar-refractivity contribution in [3.05, 3.63) is 0 Å². The van der Waals surface area contributed by atoms with Crippen LogP contribution < -0.4 is 0 Å². The van der Waals surface area contributed by atoms with E-state index in [1.165, 1.54) is 4.90 Å². The molecule has 1 unspecified atom stereocenters. The summed E-state index contributed by atoms with van der Waals surface area (Å²) >= 11 is 0. The summed E-state index contributed by atoms with van der Waals surface area (Å²) in [5.41, 5.74) is -0.556. The van der Waals surface area contributed by atoms with Crippen LogP contribution in [0.25, 0.3) is 0 Å². The van der Waals surface area contributed by atoms with Crippen molar-refractivity contribution >= 4 is 6.09 Å². The average Bonchev–Trinajstić information content (AvgIpc) is 2.10. The monoisotopic (exact) mass is 213 g/mol. The standard InChI is InChI=1S/C11H19NO3/c1-6-9(2)12(7-8-13)10(14)15-11(3,4)5/h1,9,13H,7-8H2,2-5H3. The zero-order chi connectivity index (χ0) is 12.1. The Morgan fingerprint density at radius 2 is 2.13 bits per heavy atom. The van der Waals surface area contributed by atoms with Crippen LogP contribution in [0, 0.1) is 12.3 Å². The summed E-state index contributed by atoms with van der Waals surface area (Å²) in [5, 5.41) is 8.81. The van der Waals surface area contributed by atoms with Crippen LogP contribution in [-0.4, -0.2) is 40.9 Å². The van der Waals surface area contributed by atoms with Gasteiger partial charge < -0.3 is 9.84 Å². The third kappa shape index (κ3) is 5.28. The molecule has 0 fully saturated rings. The first-order valence-electron chi connectivity index (χ1n) is 4.88. The van der Waals surface area contributed by atoms with Crippen LogP contribution in [0.1, 0.15) is 27.7 Å². The molecule has 0 aliphatic carbocycles. The molecule has 1 atom stereocenters. The predicted molar refractivity (Wildman–Crippen MR) is 58.3 cm³/mol. The van der Waals surface area contributed by atoms with Crippen LogP contribution in [0.5, 0.6) is 0 Å². The number of aliphatic hydroxyl groups is 1. The zero-order valence-corrected chi connectivity index (χ0v) is 9.78. The molecule has 0 aliphatic rings. The number of nitrogens with zero attached hydrogens (tertiary/aromatic N) is 1. The highest BCUT2D eigenvalue weighted by atomic mass is 16.6. The molecule has 0 saturated heterocycles. The van der Waals surface area contributed by atoms with Gasteiger partial charge in [0.2, 0.25) is 0 Å². The fourth-order valence-electron chi connectivity index (χ4n) is 0.961. The van der Waals surface area contributed by atoms with Gasteiger partial charge in [0.25, 0.3) is 0 Å². The van der Waals surface area contributed by atoms with E-state index < -0.39 is 11.7 Å². The van der Waals surface area contributed by atoms with Crippen molar-refractivity contribution in [2.45, 2.75) is 39.3 Å². The van der Waals surface area contributed by atoms with Gasteiger partial charge in [0.1, 0.15) is 5.60 Å². The second-order valence-corrected chi connectivity index (χ2v) is 4.24. The number of ether oxygens (including phenoxy) is 1. The van der Waals surface area contributed by atoms with Crippen LogP contribution in [-0.2, 0) is 4.74 Å². The van der Waals surface area contributed by atoms with Crippen molar-refractivity contribution in [2.24, 2.45) is 0 Å². The molecule has 0 saturated carbocycles. The maximum atomic E-state index is 11.6. The van der Waals surface area contributed by atoms with E-state index in [0.29, 0.717) is 0 Å². The molecule has 1 N–H and O–H groups in total. The summed E-state index contributed by atoms with van der Waals surface area (Å²) in [6, 6.07) is -0.382. The molecule has 0 aromatic heterocycles. The van der Waals surface area contributed by atoms with Crippen LogP contribution in [0.3, 0.4) is 0 Å². The fraction of sp³-hybridized carbons (Fsp3) is 0.727. The highest BCUT2D eigenvalue weighted by Gasteiger charge is 2.24. The van der Waals surface area contributed by atoms with Crippen molar-refractivity contribution in [1.29, 1.82) is 0 Å². The maximum Gasteiger partial charge on any atom is 0.411 e. The number of aliphatic hydroxyl groups excluding tert-OH is 1. The van der Waals surface area contributed by atoms with E-state index in [1.54, 1.807) is 27.7 Å². The molecule has 86 valence electrons. The normalized spacial score (nSPS) is 12.8. The van der Waals surface area contributed by atoms with Gasteiger partial charge in [0, 0.05) is 6.54 Å². The Hall–Kier alpha value is -1.21. The minimum atomic E-state index is -0.556. The Balaban J connectivity index is 4.51. The molecular formula is C11H19NO3. The second kappa shape index (κ2) is 5.62. The molecule has 0 bridgehead atoms. The van der Waals surface area contributed by atoms with E-state index in [0.717, 1.165) is 0 Å². The summed E-state index contributed by atoms with van der Waals surface area (Å²) in [4.78, 5) is 13.0. The molecule has 0 aromatic carbocycles. The van der Waals surface area contributed by atoms with Gasteiger partial charge in [-0.25, -0.2) is 4.79 Å². The van der Waals surface area contributed by atoms with Gasteiger partial charge >= 0.3 is 6.09 Å². The SMILES string of the molecule is C#CC(C)N(CCO)C(=O)OC(C)(C)C. The van der Waals surface area contributed by atoms with Gasteiger partial charge in [-0.3, -0.25) is 4.90 Å². The molecule has 0 aromatic rings. The van der Waals surface area contributed by atoms with Gasteiger partial charge in [0.15, 0.2) is 0 Å². The minimum Gasteiger partial charge on any atom is -0.444 e. The molecule has 0 aliphatic heterocycles. The Kier molecular flexibility index (Phi) is 5.16. The summed E-state index contributed by atoms with van der Waals surface area (Å²) in [5.74, 6) is 2.43. The topological polar surface area (TPSA) is 49.8 Å². The lowest BCUT2D eigenvalue weighted by atomic mass is 10.2. The highest BCUT2D eigenvalue weighted by Crippen LogP contribution is 2.11. The van der Waals surface area contributed by atoms with Crippen molar-refractivity contribution in [1.82, 2.24) is 4.90 Å². The number of carbonyl (C=O) groups excluding carboxylic acids is 1. The summed E-state index contributed by atoms with van der Waals surface area (Å²) in [7, 11) is 0. The van der Waals surface area contributed by atoms with E-state index >= 15 is 0 Å². The van der Waals surface area contributed by atoms with Crippen LogP contribution >= 0.6 is 0 Å². The van der Waals surface area contributed by atoms with Crippen molar-refractivity contribution in [3.8, 4) is 12.3 Å². The van der Waals surface area contributed by atoms with Crippen molar-refractivity contribution in [3.63, 3.8) is 0 Å². The lowest BCUT2D eigenvalue weighted by molar-refractivity contribution is 0.0185. The number of carbonyl (C=O) groups is 1. The maximum absolute atomic E-state index is 11.6. The van der Waals surface area contributed by atoms with Crippen molar-refractivity contribution in [2.75, 3.05) is 13.2 Å². The number of terminal acetylenes is 1. The summed E-state index contributed by atoms with van der Waals surface area (Å²) in [6.07, 6.45) is 4.73. The van der Waals surface area contributed by atoms with Gasteiger partial charge in [-0.05, 0) is 27.7 Å². The first-order valence-corrected chi connectivity index (χ1v) is 4.88. The molecule has 4 heteroatoms. The molecule has 4 nitrogen and oxygen atoms in total. The van der Waals surface area contributed by atoms with Gasteiger partial charge in [-0.2, -0.15) is 0 Å². The Morgan fingerprint density at radius 1 is 1.60 bits per heavy atom. The lowest BCUT2D eigenvalue weighted by Gasteiger charge is -2.28. The zero-order valence-electron chi connectivity index (χ0n) is 9.78. The van der Waals surface area contributed by atoms with Gasteiger partial charge in [-0.1, -0.05) is 5.92 Å². The van der Waals surface area contributed by atoms with Crippen LogP contribution in [0.15, 0.2) is 0 Å². The molecule has 0 rings (SSSR count). The molecule has 0 heterocycles. The van der Waals surface area contributed by atoms with E-state index in [4.69, 9.17) is 16.3 Å². The van der Waals surface area contributed by atoms with E-state index in [1.807, 2.05) is 0 Å². The number of rotatable bonds is 3. The lowest BCUT2D eigenvalue weighted by Crippen LogP contribution is -2.43. The van der Waals surface area contributed by atoms with Gasteiger partial charge in [0.05, 0.1) is 12.6 Å². The first kappa shape index (κ1) is 13.8. The molecule has 0 spiro atoms. The Bertz CT molecular complexity index is 250. The summed E-state index contributed by atoms with van der Waals surface area (Å²) in [6.45, 7) is 7.10. The molecule has 15 heavy (non-hydrogen) atoms. The summed E-state index contributed by atoms with van der Waals surface area (Å²) < 4.78 is 5.16. The smallest absolute Gasteiger partial charge is 0.411 e. The fourth-order valence-corrected chi connectivity index (χ4v) is 0.961. The Labute approximate surface area is 91.2 Å². The molecular weight excluding hydrogens is 194 g/mol. The molecule has 0 radical (unpaired) electrons. The third-order valence-corrected chi connectivity index (χ3v) is 1.68. The highest BCUT2D eigenvalue weighted by molar-refractivity contribution is 5.69. The van der Waals surface area contributed by atoms with Crippen molar-refractivity contribution < 1.29 is 14.6 Å². The number of amides is 1. The third-order valence-electron chi connectivity index (χ3n) is 1.68. The molecule has 1 amide bonds. The second-order valence-electron chi connectivity index (χ2n) is 4.24. The first-order chi connectivity index (χ1) is 6.81. The number of hydrogen-bond acceptors (Lipinski definition) is 3.